The molecular weight excluding hydrogens is 300 g/mol. The third-order valence-electron chi connectivity index (χ3n) is 4.74. The van der Waals surface area contributed by atoms with Gasteiger partial charge in [0.25, 0.3) is 0 Å². The molecule has 0 aromatic heterocycles. The quantitative estimate of drug-likeness (QED) is 0.556. The van der Waals surface area contributed by atoms with Crippen LogP contribution in [-0.2, 0) is 16.1 Å². The van der Waals surface area contributed by atoms with Crippen LogP contribution in [0.5, 0.6) is 0 Å². The molecule has 1 N–H and O–H groups in total. The Morgan fingerprint density at radius 1 is 1.17 bits per heavy atom. The maximum atomic E-state index is 13.1. The lowest BCUT2D eigenvalue weighted by atomic mass is 10.0. The van der Waals surface area contributed by atoms with Crippen LogP contribution in [0.4, 0.5) is 0 Å². The largest absolute Gasteiger partial charge is 0.355 e. The lowest BCUT2D eigenvalue weighted by Gasteiger charge is -2.30. The Morgan fingerprint density at radius 2 is 1.83 bits per heavy atom. The van der Waals surface area contributed by atoms with Gasteiger partial charge in [-0.2, -0.15) is 0 Å². The van der Waals surface area contributed by atoms with Gasteiger partial charge < -0.3 is 10.2 Å². The van der Waals surface area contributed by atoms with Gasteiger partial charge in [-0.15, -0.1) is 0 Å². The van der Waals surface area contributed by atoms with Crippen LogP contribution in [0.25, 0.3) is 0 Å². The Hall–Kier alpha value is -1.84. The minimum atomic E-state index is -0.814. The van der Waals surface area contributed by atoms with Crippen LogP contribution in [0, 0.1) is 5.41 Å². The summed E-state index contributed by atoms with van der Waals surface area (Å²) >= 11 is 0. The van der Waals surface area contributed by atoms with Crippen LogP contribution < -0.4 is 5.32 Å². The summed E-state index contributed by atoms with van der Waals surface area (Å²) in [4.78, 5) is 27.5. The fourth-order valence-corrected chi connectivity index (χ4v) is 2.95. The molecule has 4 nitrogen and oxygen atoms in total. The molecule has 4 heteroatoms. The van der Waals surface area contributed by atoms with Crippen LogP contribution in [0.3, 0.4) is 0 Å². The molecule has 0 unspecified atom stereocenters. The highest BCUT2D eigenvalue weighted by Gasteiger charge is 2.58. The summed E-state index contributed by atoms with van der Waals surface area (Å²) < 4.78 is 0. The molecule has 24 heavy (non-hydrogen) atoms. The first-order valence-corrected chi connectivity index (χ1v) is 9.14. The second-order valence-corrected chi connectivity index (χ2v) is 7.06. The monoisotopic (exact) mass is 330 g/mol. The van der Waals surface area contributed by atoms with Gasteiger partial charge in [0.2, 0.25) is 11.8 Å². The van der Waals surface area contributed by atoms with Crippen molar-refractivity contribution in [2.24, 2.45) is 5.41 Å². The molecule has 1 aromatic rings. The molecule has 0 heterocycles. The Bertz CT molecular complexity index is 550. The number of carbonyl (C=O) groups excluding carboxylic acids is 2. The third kappa shape index (κ3) is 4.37. The van der Waals surface area contributed by atoms with Gasteiger partial charge in [0.15, 0.2) is 0 Å². The zero-order chi connectivity index (χ0) is 17.6. The topological polar surface area (TPSA) is 49.4 Å². The van der Waals surface area contributed by atoms with Crippen molar-refractivity contribution in [3.05, 3.63) is 35.9 Å². The molecule has 0 bridgehead atoms. The lowest BCUT2D eigenvalue weighted by molar-refractivity contribution is -0.146. The highest BCUT2D eigenvalue weighted by atomic mass is 16.2. The van der Waals surface area contributed by atoms with Gasteiger partial charge in [-0.05, 0) is 38.7 Å². The van der Waals surface area contributed by atoms with E-state index in [-0.39, 0.29) is 17.9 Å². The van der Waals surface area contributed by atoms with E-state index >= 15 is 0 Å². The molecule has 0 atom stereocenters. The van der Waals surface area contributed by atoms with Gasteiger partial charge in [-0.3, -0.25) is 9.59 Å². The standard InChI is InChI=1S/C20H30N2O2/c1-4-5-9-14-21-18(23)20(12-13-20)19(24)22(16(2)3)15-17-10-7-6-8-11-17/h6-8,10-11,16H,4-5,9,12-15H2,1-3H3,(H,21,23). The SMILES string of the molecule is CCCCCNC(=O)C1(C(=O)N(Cc2ccccc2)C(C)C)CC1. The van der Waals surface area contributed by atoms with Crippen molar-refractivity contribution in [1.29, 1.82) is 0 Å². The average Bonchev–Trinajstić information content (AvgIpc) is 3.38. The predicted octanol–water partition coefficient (Wildman–Crippen LogP) is 3.51. The van der Waals surface area contributed by atoms with Gasteiger partial charge in [0, 0.05) is 19.1 Å². The second-order valence-electron chi connectivity index (χ2n) is 7.06. The van der Waals surface area contributed by atoms with Crippen molar-refractivity contribution in [3.63, 3.8) is 0 Å². The number of carbonyl (C=O) groups is 2. The Morgan fingerprint density at radius 3 is 2.38 bits per heavy atom. The van der Waals surface area contributed by atoms with E-state index < -0.39 is 5.41 Å². The first-order chi connectivity index (χ1) is 11.5. The summed E-state index contributed by atoms with van der Waals surface area (Å²) in [5.41, 5.74) is 0.282. The maximum absolute atomic E-state index is 13.1. The normalized spacial score (nSPS) is 15.2. The minimum Gasteiger partial charge on any atom is -0.355 e. The van der Waals surface area contributed by atoms with Crippen LogP contribution in [0.2, 0.25) is 0 Å². The van der Waals surface area contributed by atoms with Crippen LogP contribution >= 0.6 is 0 Å². The van der Waals surface area contributed by atoms with E-state index in [9.17, 15) is 9.59 Å². The summed E-state index contributed by atoms with van der Waals surface area (Å²) in [5.74, 6) is -0.100. The molecule has 1 aliphatic rings. The van der Waals surface area contributed by atoms with E-state index in [4.69, 9.17) is 0 Å². The number of nitrogens with zero attached hydrogens (tertiary/aromatic N) is 1. The van der Waals surface area contributed by atoms with E-state index in [1.165, 1.54) is 0 Å². The van der Waals surface area contributed by atoms with Crippen molar-refractivity contribution >= 4 is 11.8 Å². The van der Waals surface area contributed by atoms with E-state index in [1.54, 1.807) is 0 Å². The number of benzene rings is 1. The van der Waals surface area contributed by atoms with E-state index in [0.717, 1.165) is 24.8 Å². The third-order valence-corrected chi connectivity index (χ3v) is 4.74. The lowest BCUT2D eigenvalue weighted by Crippen LogP contribution is -2.47. The molecule has 1 aliphatic carbocycles. The molecule has 1 fully saturated rings. The molecule has 0 aliphatic heterocycles. The summed E-state index contributed by atoms with van der Waals surface area (Å²) in [5, 5.41) is 2.97. The fraction of sp³-hybridized carbons (Fsp3) is 0.600. The van der Waals surface area contributed by atoms with Crippen LogP contribution in [0.15, 0.2) is 30.3 Å². The number of amides is 2. The van der Waals surface area contributed by atoms with E-state index in [0.29, 0.717) is 25.9 Å². The Labute approximate surface area is 145 Å². The summed E-state index contributed by atoms with van der Waals surface area (Å²) in [6.07, 6.45) is 4.54. The summed E-state index contributed by atoms with van der Waals surface area (Å²) in [6.45, 7) is 7.38. The van der Waals surface area contributed by atoms with Crippen molar-refractivity contribution in [2.45, 2.75) is 65.5 Å². The molecule has 2 amide bonds. The first kappa shape index (κ1) is 18.5. The van der Waals surface area contributed by atoms with Crippen molar-refractivity contribution in [3.8, 4) is 0 Å². The van der Waals surface area contributed by atoms with E-state index in [2.05, 4.69) is 12.2 Å². The van der Waals surface area contributed by atoms with Crippen LogP contribution in [0.1, 0.15) is 58.4 Å². The molecule has 1 saturated carbocycles. The predicted molar refractivity (Wildman–Crippen MR) is 96.3 cm³/mol. The molecule has 0 spiro atoms. The fourth-order valence-electron chi connectivity index (χ4n) is 2.95. The average molecular weight is 330 g/mol. The van der Waals surface area contributed by atoms with Gasteiger partial charge >= 0.3 is 0 Å². The molecule has 1 aromatic carbocycles. The number of rotatable bonds is 9. The van der Waals surface area contributed by atoms with Gasteiger partial charge in [0.1, 0.15) is 5.41 Å². The Kier molecular flexibility index (Phi) is 6.41. The minimum absolute atomic E-state index is 0.0191. The molecule has 0 saturated heterocycles. The summed E-state index contributed by atoms with van der Waals surface area (Å²) in [6, 6.07) is 10.0. The smallest absolute Gasteiger partial charge is 0.238 e. The highest BCUT2D eigenvalue weighted by Crippen LogP contribution is 2.48. The molecular formula is C20H30N2O2. The maximum Gasteiger partial charge on any atom is 0.238 e. The molecule has 2 rings (SSSR count). The molecule has 0 radical (unpaired) electrons. The van der Waals surface area contributed by atoms with Gasteiger partial charge in [-0.25, -0.2) is 0 Å². The van der Waals surface area contributed by atoms with E-state index in [1.807, 2.05) is 49.1 Å². The molecule has 132 valence electrons. The van der Waals surface area contributed by atoms with Crippen molar-refractivity contribution < 1.29 is 9.59 Å². The zero-order valence-corrected chi connectivity index (χ0v) is 15.2. The number of hydrogen-bond acceptors (Lipinski definition) is 2. The Balaban J connectivity index is 2.02. The van der Waals surface area contributed by atoms with Gasteiger partial charge in [-0.1, -0.05) is 50.1 Å². The first-order valence-electron chi connectivity index (χ1n) is 9.14. The zero-order valence-electron chi connectivity index (χ0n) is 15.2. The second kappa shape index (κ2) is 8.32. The van der Waals surface area contributed by atoms with Gasteiger partial charge in [0.05, 0.1) is 0 Å². The highest BCUT2D eigenvalue weighted by molar-refractivity contribution is 6.07. The van der Waals surface area contributed by atoms with Crippen LogP contribution in [-0.4, -0.2) is 29.3 Å². The summed E-state index contributed by atoms with van der Waals surface area (Å²) in [7, 11) is 0. The number of unbranched alkanes of at least 4 members (excludes halogenated alkanes) is 2. The van der Waals surface area contributed by atoms with Crippen molar-refractivity contribution in [1.82, 2.24) is 10.2 Å². The number of hydrogen-bond donors (Lipinski definition) is 1. The van der Waals surface area contributed by atoms with Crippen molar-refractivity contribution in [2.75, 3.05) is 6.54 Å². The number of nitrogens with one attached hydrogen (secondary N) is 1.